The number of hydrogen-bond acceptors (Lipinski definition) is 3. The average molecular weight is 425 g/mol. The fraction of sp³-hybridized carbons (Fsp3) is 0.533. The van der Waals surface area contributed by atoms with Gasteiger partial charge < -0.3 is 20.5 Å². The van der Waals surface area contributed by atoms with Gasteiger partial charge in [0.1, 0.15) is 6.10 Å². The molecule has 3 N–H and O–H groups in total. The van der Waals surface area contributed by atoms with E-state index in [0.717, 1.165) is 13.0 Å². The molecule has 0 aliphatic carbocycles. The number of para-hydroxylation sites is 1. The van der Waals surface area contributed by atoms with Gasteiger partial charge in [-0.2, -0.15) is 0 Å². The summed E-state index contributed by atoms with van der Waals surface area (Å²) in [5.74, 6) is 0.486. The lowest BCUT2D eigenvalue weighted by molar-refractivity contribution is 0.196. The molecular formula is C15H25FIN3O2. The van der Waals surface area contributed by atoms with Crippen molar-refractivity contribution in [3.05, 3.63) is 30.1 Å². The molecular weight excluding hydrogens is 400 g/mol. The van der Waals surface area contributed by atoms with Crippen LogP contribution in [0.25, 0.3) is 0 Å². The summed E-state index contributed by atoms with van der Waals surface area (Å²) in [6.45, 7) is 5.52. The molecule has 1 unspecified atom stereocenters. The number of halogens is 2. The van der Waals surface area contributed by atoms with Crippen LogP contribution in [0.4, 0.5) is 4.39 Å². The molecule has 0 fully saturated rings. The van der Waals surface area contributed by atoms with E-state index >= 15 is 0 Å². The molecule has 5 nitrogen and oxygen atoms in total. The quantitative estimate of drug-likeness (QED) is 0.339. The van der Waals surface area contributed by atoms with Gasteiger partial charge in [0.05, 0.1) is 13.2 Å². The van der Waals surface area contributed by atoms with Crippen molar-refractivity contribution in [2.24, 2.45) is 4.99 Å². The van der Waals surface area contributed by atoms with Gasteiger partial charge >= 0.3 is 0 Å². The second-order valence-corrected chi connectivity index (χ2v) is 4.45. The van der Waals surface area contributed by atoms with E-state index in [1.54, 1.807) is 18.2 Å². The third kappa shape index (κ3) is 7.79. The normalized spacial score (nSPS) is 12.3. The molecule has 7 heteroatoms. The summed E-state index contributed by atoms with van der Waals surface area (Å²) in [6, 6.07) is 6.35. The Morgan fingerprint density at radius 2 is 2.05 bits per heavy atom. The lowest BCUT2D eigenvalue weighted by atomic mass is 10.2. The van der Waals surface area contributed by atoms with Gasteiger partial charge in [-0.3, -0.25) is 0 Å². The van der Waals surface area contributed by atoms with E-state index in [2.05, 4.69) is 15.6 Å². The Kier molecular flexibility index (Phi) is 11.8. The number of rotatable bonds is 8. The zero-order valence-corrected chi connectivity index (χ0v) is 15.3. The van der Waals surface area contributed by atoms with Crippen LogP contribution in [0.15, 0.2) is 29.3 Å². The zero-order valence-electron chi connectivity index (χ0n) is 13.0. The number of hydrogen-bond donors (Lipinski definition) is 3. The van der Waals surface area contributed by atoms with Crippen molar-refractivity contribution < 1.29 is 14.2 Å². The maximum atomic E-state index is 13.6. The average Bonchev–Trinajstić information content (AvgIpc) is 2.50. The predicted octanol–water partition coefficient (Wildman–Crippen LogP) is 2.15. The van der Waals surface area contributed by atoms with Gasteiger partial charge in [0.2, 0.25) is 0 Å². The molecule has 0 radical (unpaired) electrons. The van der Waals surface area contributed by atoms with Crippen molar-refractivity contribution >= 4 is 29.9 Å². The minimum absolute atomic E-state index is 0. The fourth-order valence-electron chi connectivity index (χ4n) is 1.68. The van der Waals surface area contributed by atoms with Crippen LogP contribution in [0.3, 0.4) is 0 Å². The first-order chi connectivity index (χ1) is 10.2. The van der Waals surface area contributed by atoms with Gasteiger partial charge in [-0.1, -0.05) is 19.1 Å². The monoisotopic (exact) mass is 425 g/mol. The van der Waals surface area contributed by atoms with Crippen molar-refractivity contribution in [1.82, 2.24) is 10.6 Å². The minimum atomic E-state index is -0.370. The standard InChI is InChI=1S/C15H24FN3O2.HI/c1-3-12(21-14-8-6-5-7-13(14)16)11-19-15(17-4-2)18-9-10-20;/h5-8,12,20H,3-4,9-11H2,1-2H3,(H2,17,18,19);1H. The molecule has 0 heterocycles. The smallest absolute Gasteiger partial charge is 0.191 e. The number of benzene rings is 1. The van der Waals surface area contributed by atoms with Crippen molar-refractivity contribution in [2.75, 3.05) is 26.2 Å². The first kappa shape index (κ1) is 20.9. The van der Waals surface area contributed by atoms with Crippen LogP contribution < -0.4 is 15.4 Å². The van der Waals surface area contributed by atoms with Crippen molar-refractivity contribution in [1.29, 1.82) is 0 Å². The van der Waals surface area contributed by atoms with Gasteiger partial charge in [0.25, 0.3) is 0 Å². The molecule has 0 aliphatic rings. The maximum absolute atomic E-state index is 13.6. The Morgan fingerprint density at radius 1 is 1.32 bits per heavy atom. The van der Waals surface area contributed by atoms with Crippen LogP contribution in [0.5, 0.6) is 5.75 Å². The number of guanidine groups is 1. The number of aliphatic hydroxyl groups is 1. The first-order valence-electron chi connectivity index (χ1n) is 7.25. The minimum Gasteiger partial charge on any atom is -0.485 e. The second-order valence-electron chi connectivity index (χ2n) is 4.45. The van der Waals surface area contributed by atoms with Crippen molar-refractivity contribution in [3.63, 3.8) is 0 Å². The number of nitrogens with one attached hydrogen (secondary N) is 2. The Labute approximate surface area is 148 Å². The molecule has 22 heavy (non-hydrogen) atoms. The molecule has 0 saturated heterocycles. The van der Waals surface area contributed by atoms with Crippen LogP contribution in [0.1, 0.15) is 20.3 Å². The van der Waals surface area contributed by atoms with Gasteiger partial charge in [-0.15, -0.1) is 24.0 Å². The summed E-state index contributed by atoms with van der Waals surface area (Å²) in [4.78, 5) is 4.38. The molecule has 1 aromatic rings. The largest absolute Gasteiger partial charge is 0.485 e. The highest BCUT2D eigenvalue weighted by atomic mass is 127. The van der Waals surface area contributed by atoms with Crippen LogP contribution in [-0.2, 0) is 0 Å². The highest BCUT2D eigenvalue weighted by Crippen LogP contribution is 2.18. The number of aliphatic hydroxyl groups excluding tert-OH is 1. The molecule has 0 aliphatic heterocycles. The molecule has 0 saturated carbocycles. The third-order valence-corrected chi connectivity index (χ3v) is 2.79. The SMILES string of the molecule is CCNC(=NCC(CC)Oc1ccccc1F)NCCO.I. The zero-order chi connectivity index (χ0) is 15.5. The fourth-order valence-corrected chi connectivity index (χ4v) is 1.68. The van der Waals surface area contributed by atoms with Crippen LogP contribution in [-0.4, -0.2) is 43.4 Å². The second kappa shape index (κ2) is 12.5. The van der Waals surface area contributed by atoms with E-state index in [0.29, 0.717) is 19.0 Å². The lowest BCUT2D eigenvalue weighted by Crippen LogP contribution is -2.39. The highest BCUT2D eigenvalue weighted by molar-refractivity contribution is 14.0. The van der Waals surface area contributed by atoms with E-state index in [9.17, 15) is 4.39 Å². The van der Waals surface area contributed by atoms with Crippen LogP contribution >= 0.6 is 24.0 Å². The number of ether oxygens (including phenoxy) is 1. The summed E-state index contributed by atoms with van der Waals surface area (Å²) in [6.07, 6.45) is 0.517. The van der Waals surface area contributed by atoms with E-state index in [-0.39, 0.29) is 48.3 Å². The Morgan fingerprint density at radius 3 is 2.64 bits per heavy atom. The number of aliphatic imine (C=N–C) groups is 1. The topological polar surface area (TPSA) is 65.9 Å². The van der Waals surface area contributed by atoms with E-state index in [1.807, 2.05) is 13.8 Å². The maximum Gasteiger partial charge on any atom is 0.191 e. The first-order valence-corrected chi connectivity index (χ1v) is 7.25. The van der Waals surface area contributed by atoms with Gasteiger partial charge in [0, 0.05) is 13.1 Å². The summed E-state index contributed by atoms with van der Waals surface area (Å²) >= 11 is 0. The Balaban J connectivity index is 0.00000441. The molecule has 0 aromatic heterocycles. The van der Waals surface area contributed by atoms with Crippen molar-refractivity contribution in [3.8, 4) is 5.75 Å². The lowest BCUT2D eigenvalue weighted by Gasteiger charge is -2.17. The molecule has 1 atom stereocenters. The molecule has 126 valence electrons. The highest BCUT2D eigenvalue weighted by Gasteiger charge is 2.11. The third-order valence-electron chi connectivity index (χ3n) is 2.79. The molecule has 1 rings (SSSR count). The Bertz CT molecular complexity index is 447. The summed E-state index contributed by atoms with van der Waals surface area (Å²) in [5.41, 5.74) is 0. The van der Waals surface area contributed by atoms with E-state index in [4.69, 9.17) is 9.84 Å². The molecule has 1 aromatic carbocycles. The molecule has 0 spiro atoms. The molecule has 0 bridgehead atoms. The van der Waals surface area contributed by atoms with Gasteiger partial charge in [-0.05, 0) is 25.5 Å². The number of nitrogens with zero attached hydrogens (tertiary/aromatic N) is 1. The van der Waals surface area contributed by atoms with E-state index in [1.165, 1.54) is 6.07 Å². The summed E-state index contributed by atoms with van der Waals surface area (Å²) in [5, 5.41) is 14.9. The van der Waals surface area contributed by atoms with Crippen LogP contribution in [0, 0.1) is 5.82 Å². The van der Waals surface area contributed by atoms with Crippen LogP contribution in [0.2, 0.25) is 0 Å². The van der Waals surface area contributed by atoms with E-state index < -0.39 is 0 Å². The van der Waals surface area contributed by atoms with Crippen molar-refractivity contribution in [2.45, 2.75) is 26.4 Å². The predicted molar refractivity (Wildman–Crippen MR) is 97.6 cm³/mol. The summed E-state index contributed by atoms with van der Waals surface area (Å²) in [7, 11) is 0. The Hall–Kier alpha value is -1.09. The van der Waals surface area contributed by atoms with Gasteiger partial charge in [-0.25, -0.2) is 9.38 Å². The summed E-state index contributed by atoms with van der Waals surface area (Å²) < 4.78 is 19.2. The molecule has 0 amide bonds. The van der Waals surface area contributed by atoms with Gasteiger partial charge in [0.15, 0.2) is 17.5 Å².